The van der Waals surface area contributed by atoms with Crippen LogP contribution in [0.25, 0.3) is 0 Å². The van der Waals surface area contributed by atoms with E-state index < -0.39 is 0 Å². The molecule has 4 nitrogen and oxygen atoms in total. The molecule has 1 atom stereocenters. The highest BCUT2D eigenvalue weighted by Gasteiger charge is 2.25. The van der Waals surface area contributed by atoms with E-state index in [1.807, 2.05) is 0 Å². The van der Waals surface area contributed by atoms with Gasteiger partial charge in [-0.05, 0) is 38.6 Å². The highest BCUT2D eigenvalue weighted by Crippen LogP contribution is 2.28. The lowest BCUT2D eigenvalue weighted by atomic mass is 10.0. The molecule has 0 bridgehead atoms. The Labute approximate surface area is 102 Å². The molecule has 0 radical (unpaired) electrons. The molecule has 0 amide bonds. The van der Waals surface area contributed by atoms with Gasteiger partial charge in [-0.15, -0.1) is 0 Å². The fourth-order valence-corrected chi connectivity index (χ4v) is 3.11. The lowest BCUT2D eigenvalue weighted by Crippen LogP contribution is -2.30. The standard InChI is InChI=1S/C13H21N3O/c17-9-11-12-6-2-4-8-16(12)13(15-11)10-5-1-3-7-14-10/h10,14,17H,1-9H2. The third kappa shape index (κ3) is 2.00. The summed E-state index contributed by atoms with van der Waals surface area (Å²) in [7, 11) is 0. The van der Waals surface area contributed by atoms with E-state index in [9.17, 15) is 5.11 Å². The van der Waals surface area contributed by atoms with Crippen molar-refractivity contribution in [3.63, 3.8) is 0 Å². The van der Waals surface area contributed by atoms with Crippen LogP contribution in [0, 0.1) is 0 Å². The van der Waals surface area contributed by atoms with Gasteiger partial charge in [0.1, 0.15) is 5.82 Å². The van der Waals surface area contributed by atoms with Crippen molar-refractivity contribution in [2.75, 3.05) is 6.54 Å². The van der Waals surface area contributed by atoms with E-state index in [0.717, 1.165) is 25.2 Å². The zero-order valence-corrected chi connectivity index (χ0v) is 10.3. The second-order valence-corrected chi connectivity index (χ2v) is 5.13. The number of aliphatic hydroxyl groups is 1. The van der Waals surface area contributed by atoms with E-state index in [2.05, 4.69) is 14.9 Å². The van der Waals surface area contributed by atoms with Crippen LogP contribution < -0.4 is 5.32 Å². The molecule has 94 valence electrons. The lowest BCUT2D eigenvalue weighted by molar-refractivity contribution is 0.275. The summed E-state index contributed by atoms with van der Waals surface area (Å²) in [6, 6.07) is 0.404. The average Bonchev–Trinajstić information content (AvgIpc) is 2.78. The number of fused-ring (bicyclic) bond motifs is 1. The van der Waals surface area contributed by atoms with Crippen LogP contribution in [0.2, 0.25) is 0 Å². The first-order valence-electron chi connectivity index (χ1n) is 6.82. The molecule has 1 aromatic heterocycles. The van der Waals surface area contributed by atoms with Gasteiger partial charge in [-0.1, -0.05) is 6.42 Å². The molecule has 2 aliphatic rings. The van der Waals surface area contributed by atoms with Crippen LogP contribution in [-0.4, -0.2) is 21.2 Å². The Morgan fingerprint density at radius 3 is 3.00 bits per heavy atom. The van der Waals surface area contributed by atoms with Gasteiger partial charge in [0, 0.05) is 12.2 Å². The van der Waals surface area contributed by atoms with Gasteiger partial charge in [0.05, 0.1) is 18.3 Å². The van der Waals surface area contributed by atoms with E-state index >= 15 is 0 Å². The minimum absolute atomic E-state index is 0.0854. The molecule has 0 saturated carbocycles. The quantitative estimate of drug-likeness (QED) is 0.817. The van der Waals surface area contributed by atoms with Gasteiger partial charge in [0.25, 0.3) is 0 Å². The summed E-state index contributed by atoms with van der Waals surface area (Å²) in [5.41, 5.74) is 2.19. The van der Waals surface area contributed by atoms with Gasteiger partial charge in [-0.2, -0.15) is 0 Å². The maximum atomic E-state index is 9.41. The fraction of sp³-hybridized carbons (Fsp3) is 0.769. The molecule has 1 fully saturated rings. The van der Waals surface area contributed by atoms with Gasteiger partial charge in [0.2, 0.25) is 0 Å². The van der Waals surface area contributed by atoms with Crippen LogP contribution in [-0.2, 0) is 19.6 Å². The maximum Gasteiger partial charge on any atom is 0.126 e. The van der Waals surface area contributed by atoms with Crippen molar-refractivity contribution >= 4 is 0 Å². The van der Waals surface area contributed by atoms with Crippen LogP contribution in [0.1, 0.15) is 55.4 Å². The molecule has 2 N–H and O–H groups in total. The third-order valence-corrected chi connectivity index (χ3v) is 4.00. The minimum atomic E-state index is 0.0854. The monoisotopic (exact) mass is 235 g/mol. The van der Waals surface area contributed by atoms with Gasteiger partial charge >= 0.3 is 0 Å². The molecule has 4 heteroatoms. The highest BCUT2D eigenvalue weighted by molar-refractivity contribution is 5.20. The Bertz CT molecular complexity index is 394. The molecule has 2 aliphatic heterocycles. The summed E-state index contributed by atoms with van der Waals surface area (Å²) in [4.78, 5) is 4.68. The average molecular weight is 235 g/mol. The van der Waals surface area contributed by atoms with Crippen molar-refractivity contribution < 1.29 is 5.11 Å². The first kappa shape index (κ1) is 11.2. The topological polar surface area (TPSA) is 50.1 Å². The first-order valence-corrected chi connectivity index (χ1v) is 6.82. The van der Waals surface area contributed by atoms with Crippen molar-refractivity contribution in [2.45, 2.75) is 57.7 Å². The van der Waals surface area contributed by atoms with E-state index in [1.165, 1.54) is 43.6 Å². The molecule has 0 aromatic carbocycles. The predicted molar refractivity (Wildman–Crippen MR) is 65.7 cm³/mol. The second kappa shape index (κ2) is 4.78. The van der Waals surface area contributed by atoms with Crippen LogP contribution in [0.5, 0.6) is 0 Å². The number of aliphatic hydroxyl groups excluding tert-OH is 1. The largest absolute Gasteiger partial charge is 0.390 e. The number of nitrogens with zero attached hydrogens (tertiary/aromatic N) is 2. The Kier molecular flexibility index (Phi) is 3.16. The van der Waals surface area contributed by atoms with E-state index in [0.29, 0.717) is 6.04 Å². The number of hydrogen-bond acceptors (Lipinski definition) is 3. The third-order valence-electron chi connectivity index (χ3n) is 4.00. The number of imidazole rings is 1. The molecule has 1 unspecified atom stereocenters. The summed E-state index contributed by atoms with van der Waals surface area (Å²) in [6.07, 6.45) is 7.30. The Morgan fingerprint density at radius 2 is 2.24 bits per heavy atom. The zero-order chi connectivity index (χ0) is 11.7. The van der Waals surface area contributed by atoms with Crippen molar-refractivity contribution in [2.24, 2.45) is 0 Å². The van der Waals surface area contributed by atoms with Gasteiger partial charge < -0.3 is 15.0 Å². The number of nitrogens with one attached hydrogen (secondary N) is 1. The summed E-state index contributed by atoms with van der Waals surface area (Å²) < 4.78 is 2.36. The zero-order valence-electron chi connectivity index (χ0n) is 10.3. The van der Waals surface area contributed by atoms with Crippen LogP contribution in [0.4, 0.5) is 0 Å². The molecular weight excluding hydrogens is 214 g/mol. The molecule has 3 rings (SSSR count). The van der Waals surface area contributed by atoms with Crippen LogP contribution in [0.3, 0.4) is 0 Å². The summed E-state index contributed by atoms with van der Waals surface area (Å²) in [5.74, 6) is 1.17. The highest BCUT2D eigenvalue weighted by atomic mass is 16.3. The van der Waals surface area contributed by atoms with Crippen molar-refractivity contribution in [3.05, 3.63) is 17.2 Å². The summed E-state index contributed by atoms with van der Waals surface area (Å²) in [5, 5.41) is 13.0. The molecule has 3 heterocycles. The first-order chi connectivity index (χ1) is 8.40. The Hall–Kier alpha value is -0.870. The van der Waals surface area contributed by atoms with Crippen molar-refractivity contribution in [3.8, 4) is 0 Å². The summed E-state index contributed by atoms with van der Waals surface area (Å²) in [6.45, 7) is 2.26. The van der Waals surface area contributed by atoms with Crippen LogP contribution in [0.15, 0.2) is 0 Å². The SMILES string of the molecule is OCc1nc(C2CCCCN2)n2c1CCCC2. The van der Waals surface area contributed by atoms with Crippen molar-refractivity contribution in [1.82, 2.24) is 14.9 Å². The van der Waals surface area contributed by atoms with Crippen molar-refractivity contribution in [1.29, 1.82) is 0 Å². The Morgan fingerprint density at radius 1 is 1.29 bits per heavy atom. The molecule has 1 aromatic rings. The van der Waals surface area contributed by atoms with Crippen LogP contribution >= 0.6 is 0 Å². The molecular formula is C13H21N3O. The molecule has 1 saturated heterocycles. The van der Waals surface area contributed by atoms with Gasteiger partial charge in [-0.25, -0.2) is 4.98 Å². The van der Waals surface area contributed by atoms with E-state index in [4.69, 9.17) is 0 Å². The number of hydrogen-bond donors (Lipinski definition) is 2. The second-order valence-electron chi connectivity index (χ2n) is 5.13. The summed E-state index contributed by atoms with van der Waals surface area (Å²) >= 11 is 0. The number of rotatable bonds is 2. The molecule has 17 heavy (non-hydrogen) atoms. The van der Waals surface area contributed by atoms with E-state index in [-0.39, 0.29) is 6.61 Å². The normalized spacial score (nSPS) is 24.6. The van der Waals surface area contributed by atoms with Gasteiger partial charge in [-0.3, -0.25) is 0 Å². The van der Waals surface area contributed by atoms with Gasteiger partial charge in [0.15, 0.2) is 0 Å². The molecule has 0 aliphatic carbocycles. The smallest absolute Gasteiger partial charge is 0.126 e. The Balaban J connectivity index is 1.95. The number of piperidine rings is 1. The fourth-order valence-electron chi connectivity index (χ4n) is 3.11. The molecule has 0 spiro atoms. The van der Waals surface area contributed by atoms with E-state index in [1.54, 1.807) is 0 Å². The lowest BCUT2D eigenvalue weighted by Gasteiger charge is -2.25. The maximum absolute atomic E-state index is 9.41. The number of aromatic nitrogens is 2. The minimum Gasteiger partial charge on any atom is -0.390 e. The predicted octanol–water partition coefficient (Wildman–Crippen LogP) is 1.53.